The number of nitrogens with zero attached hydrogens (tertiary/aromatic N) is 1. The Hall–Kier alpha value is -1.29. The van der Waals surface area contributed by atoms with E-state index in [-0.39, 0.29) is 5.82 Å². The Balaban J connectivity index is 1.74. The van der Waals surface area contributed by atoms with Gasteiger partial charge in [0.25, 0.3) is 0 Å². The maximum atomic E-state index is 13.5. The van der Waals surface area contributed by atoms with Crippen LogP contribution < -0.4 is 11.1 Å². The number of hydrogen-bond acceptors (Lipinski definition) is 3. The molecule has 110 valence electrons. The first-order chi connectivity index (χ1) is 9.54. The van der Waals surface area contributed by atoms with Crippen molar-refractivity contribution >= 4 is 11.4 Å². The van der Waals surface area contributed by atoms with Crippen molar-refractivity contribution in [2.45, 2.75) is 57.2 Å². The molecule has 0 saturated carbocycles. The fourth-order valence-electron chi connectivity index (χ4n) is 3.78. The molecule has 2 heterocycles. The topological polar surface area (TPSA) is 41.3 Å². The van der Waals surface area contributed by atoms with Crippen LogP contribution in [0.1, 0.15) is 37.7 Å². The summed E-state index contributed by atoms with van der Waals surface area (Å²) >= 11 is 0. The van der Waals surface area contributed by atoms with Crippen LogP contribution in [0.5, 0.6) is 0 Å². The highest BCUT2D eigenvalue weighted by Crippen LogP contribution is 2.35. The van der Waals surface area contributed by atoms with Crippen molar-refractivity contribution in [1.82, 2.24) is 4.90 Å². The van der Waals surface area contributed by atoms with Crippen LogP contribution in [0.4, 0.5) is 15.8 Å². The Labute approximate surface area is 120 Å². The van der Waals surface area contributed by atoms with E-state index in [2.05, 4.69) is 17.3 Å². The van der Waals surface area contributed by atoms with Crippen LogP contribution in [-0.4, -0.2) is 30.1 Å². The third-order valence-corrected chi connectivity index (χ3v) is 5.03. The summed E-state index contributed by atoms with van der Waals surface area (Å²) in [4.78, 5) is 2.54. The van der Waals surface area contributed by atoms with Gasteiger partial charge in [0.15, 0.2) is 0 Å². The molecule has 0 radical (unpaired) electrons. The minimum Gasteiger partial charge on any atom is -0.397 e. The number of piperidine rings is 2. The molecule has 1 aromatic rings. The predicted molar refractivity (Wildman–Crippen MR) is 81.4 cm³/mol. The average Bonchev–Trinajstić information content (AvgIpc) is 2.37. The molecule has 0 aliphatic carbocycles. The lowest BCUT2D eigenvalue weighted by atomic mass is 9.82. The molecule has 2 aliphatic rings. The number of nitrogens with two attached hydrogens (primary N) is 1. The Kier molecular flexibility index (Phi) is 3.59. The number of benzene rings is 1. The number of rotatable bonds is 2. The summed E-state index contributed by atoms with van der Waals surface area (Å²) in [7, 11) is 2.25. The summed E-state index contributed by atoms with van der Waals surface area (Å²) < 4.78 is 13.5. The van der Waals surface area contributed by atoms with E-state index >= 15 is 0 Å². The largest absolute Gasteiger partial charge is 0.397 e. The zero-order valence-corrected chi connectivity index (χ0v) is 12.3. The minimum atomic E-state index is -0.228. The molecule has 2 fully saturated rings. The van der Waals surface area contributed by atoms with Crippen LogP contribution in [0.15, 0.2) is 12.1 Å². The Bertz CT molecular complexity index is 489. The highest BCUT2D eigenvalue weighted by molar-refractivity contribution is 5.67. The van der Waals surface area contributed by atoms with Gasteiger partial charge in [-0.2, -0.15) is 0 Å². The molecule has 0 amide bonds. The van der Waals surface area contributed by atoms with Gasteiger partial charge in [0.2, 0.25) is 0 Å². The normalized spacial score (nSPS) is 30.2. The van der Waals surface area contributed by atoms with Gasteiger partial charge in [-0.25, -0.2) is 4.39 Å². The lowest BCUT2D eigenvalue weighted by Gasteiger charge is -2.47. The third kappa shape index (κ3) is 2.49. The van der Waals surface area contributed by atoms with Gasteiger partial charge in [0.05, 0.1) is 11.4 Å². The fourth-order valence-corrected chi connectivity index (χ4v) is 3.78. The van der Waals surface area contributed by atoms with E-state index in [1.165, 1.54) is 25.3 Å². The molecule has 3 rings (SSSR count). The summed E-state index contributed by atoms with van der Waals surface area (Å²) in [5.74, 6) is -0.228. The van der Waals surface area contributed by atoms with Crippen molar-refractivity contribution in [3.05, 3.63) is 23.5 Å². The highest BCUT2D eigenvalue weighted by atomic mass is 19.1. The van der Waals surface area contributed by atoms with Crippen molar-refractivity contribution in [1.29, 1.82) is 0 Å². The highest BCUT2D eigenvalue weighted by Gasteiger charge is 2.35. The monoisotopic (exact) mass is 277 g/mol. The van der Waals surface area contributed by atoms with Gasteiger partial charge in [0.1, 0.15) is 5.82 Å². The van der Waals surface area contributed by atoms with Gasteiger partial charge in [-0.3, -0.25) is 0 Å². The second kappa shape index (κ2) is 5.24. The molecule has 4 heteroatoms. The van der Waals surface area contributed by atoms with E-state index in [1.54, 1.807) is 6.92 Å². The number of fused-ring (bicyclic) bond motifs is 2. The predicted octanol–water partition coefficient (Wildman–Crippen LogP) is 3.14. The molecule has 0 spiro atoms. The van der Waals surface area contributed by atoms with Gasteiger partial charge in [-0.05, 0) is 57.4 Å². The van der Waals surface area contributed by atoms with Crippen LogP contribution in [0, 0.1) is 12.7 Å². The zero-order valence-electron chi connectivity index (χ0n) is 12.3. The number of hydrogen-bond donors (Lipinski definition) is 2. The molecular formula is C16H24FN3. The van der Waals surface area contributed by atoms with Crippen LogP contribution in [0.3, 0.4) is 0 Å². The Morgan fingerprint density at radius 2 is 1.90 bits per heavy atom. The molecule has 1 aromatic carbocycles. The van der Waals surface area contributed by atoms with Gasteiger partial charge >= 0.3 is 0 Å². The van der Waals surface area contributed by atoms with E-state index in [1.807, 2.05) is 6.07 Å². The number of halogens is 1. The van der Waals surface area contributed by atoms with Gasteiger partial charge in [0, 0.05) is 18.1 Å². The molecule has 3 N–H and O–H groups in total. The van der Waals surface area contributed by atoms with E-state index in [9.17, 15) is 4.39 Å². The number of aryl methyl sites for hydroxylation is 1. The summed E-state index contributed by atoms with van der Waals surface area (Å²) in [6.45, 7) is 1.78. The fraction of sp³-hybridized carbons (Fsp3) is 0.625. The van der Waals surface area contributed by atoms with Crippen molar-refractivity contribution in [3.8, 4) is 0 Å². The summed E-state index contributed by atoms with van der Waals surface area (Å²) in [6, 6.07) is 5.07. The molecule has 20 heavy (non-hydrogen) atoms. The van der Waals surface area contributed by atoms with E-state index in [4.69, 9.17) is 5.73 Å². The third-order valence-electron chi connectivity index (χ3n) is 5.03. The lowest BCUT2D eigenvalue weighted by Crippen LogP contribution is -2.52. The SMILES string of the molecule is Cc1cc(NC2CC3CCCC(C2)N3C)c(N)cc1F. The summed E-state index contributed by atoms with van der Waals surface area (Å²) in [5, 5.41) is 3.55. The maximum absolute atomic E-state index is 13.5. The van der Waals surface area contributed by atoms with Crippen molar-refractivity contribution in [3.63, 3.8) is 0 Å². The van der Waals surface area contributed by atoms with E-state index in [0.29, 0.717) is 29.4 Å². The molecule has 2 saturated heterocycles. The molecule has 2 bridgehead atoms. The van der Waals surface area contributed by atoms with Crippen molar-refractivity contribution < 1.29 is 4.39 Å². The number of nitrogen functional groups attached to an aromatic ring is 1. The van der Waals surface area contributed by atoms with Gasteiger partial charge in [-0.1, -0.05) is 6.42 Å². The first kappa shape index (κ1) is 13.7. The molecule has 2 atom stereocenters. The average molecular weight is 277 g/mol. The van der Waals surface area contributed by atoms with Crippen molar-refractivity contribution in [2.75, 3.05) is 18.1 Å². The second-order valence-corrected chi connectivity index (χ2v) is 6.41. The Morgan fingerprint density at radius 1 is 1.25 bits per heavy atom. The smallest absolute Gasteiger partial charge is 0.128 e. The number of nitrogens with one attached hydrogen (secondary N) is 1. The van der Waals surface area contributed by atoms with Crippen LogP contribution in [-0.2, 0) is 0 Å². The van der Waals surface area contributed by atoms with Crippen LogP contribution in [0.25, 0.3) is 0 Å². The zero-order chi connectivity index (χ0) is 14.3. The molecule has 2 unspecified atom stereocenters. The molecular weight excluding hydrogens is 253 g/mol. The number of anilines is 2. The van der Waals surface area contributed by atoms with Gasteiger partial charge in [-0.15, -0.1) is 0 Å². The summed E-state index contributed by atoms with van der Waals surface area (Å²) in [5.41, 5.74) is 7.98. The van der Waals surface area contributed by atoms with Gasteiger partial charge < -0.3 is 16.0 Å². The van der Waals surface area contributed by atoms with Crippen LogP contribution >= 0.6 is 0 Å². The molecule has 3 nitrogen and oxygen atoms in total. The maximum Gasteiger partial charge on any atom is 0.128 e. The first-order valence-electron chi connectivity index (χ1n) is 7.58. The van der Waals surface area contributed by atoms with E-state index in [0.717, 1.165) is 18.5 Å². The molecule has 2 aliphatic heterocycles. The standard InChI is InChI=1S/C16H24FN3/c1-10-6-16(15(18)9-14(10)17)19-11-7-12-4-3-5-13(8-11)20(12)2/h6,9,11-13,19H,3-5,7-8,18H2,1-2H3. The quantitative estimate of drug-likeness (QED) is 0.816. The van der Waals surface area contributed by atoms with Crippen molar-refractivity contribution in [2.24, 2.45) is 0 Å². The van der Waals surface area contributed by atoms with Crippen LogP contribution in [0.2, 0.25) is 0 Å². The lowest BCUT2D eigenvalue weighted by molar-refractivity contribution is 0.0608. The minimum absolute atomic E-state index is 0.228. The molecule has 0 aromatic heterocycles. The Morgan fingerprint density at radius 3 is 2.55 bits per heavy atom. The second-order valence-electron chi connectivity index (χ2n) is 6.41. The first-order valence-corrected chi connectivity index (χ1v) is 7.58. The van der Waals surface area contributed by atoms with E-state index < -0.39 is 0 Å². The summed E-state index contributed by atoms with van der Waals surface area (Å²) in [6.07, 6.45) is 6.25.